The second-order valence-corrected chi connectivity index (χ2v) is 3.55. The normalized spacial score (nSPS) is 10.8. The molecule has 2 heteroatoms. The number of hydrogen-bond acceptors (Lipinski definition) is 1. The second kappa shape index (κ2) is 3.66. The molecule has 0 aliphatic heterocycles. The van der Waals surface area contributed by atoms with Gasteiger partial charge < -0.3 is 0 Å². The van der Waals surface area contributed by atoms with Gasteiger partial charge >= 0.3 is 0 Å². The van der Waals surface area contributed by atoms with Crippen molar-refractivity contribution >= 4 is 10.9 Å². The molecule has 14 heavy (non-hydrogen) atoms. The molecule has 0 fully saturated rings. The number of hydrogen-bond donors (Lipinski definition) is 0. The highest BCUT2D eigenvalue weighted by Gasteiger charge is 2.10. The number of aromatic nitrogens is 1. The van der Waals surface area contributed by atoms with Crippen LogP contribution < -0.4 is 9.57 Å². The second-order valence-electron chi connectivity index (χ2n) is 3.55. The lowest BCUT2D eigenvalue weighted by molar-refractivity contribution is -0.878. The minimum atomic E-state index is 0.186. The Morgan fingerprint density at radius 2 is 1.79 bits per heavy atom. The number of benzene rings is 1. The van der Waals surface area contributed by atoms with Crippen LogP contribution in [0, 0.1) is 0 Å². The average molecular weight is 188 g/mol. The molecule has 0 aliphatic rings. The van der Waals surface area contributed by atoms with Crippen LogP contribution >= 0.6 is 0 Å². The van der Waals surface area contributed by atoms with Gasteiger partial charge in [0.05, 0.1) is 5.39 Å². The van der Waals surface area contributed by atoms with E-state index < -0.39 is 0 Å². The van der Waals surface area contributed by atoms with E-state index in [9.17, 15) is 0 Å². The Bertz CT molecular complexity index is 432. The molecule has 0 spiro atoms. The van der Waals surface area contributed by atoms with Gasteiger partial charge in [0.2, 0.25) is 6.20 Å². The molecule has 1 heterocycles. The largest absolute Gasteiger partial charge is 0.268 e. The molecule has 1 aromatic carbocycles. The first-order valence-electron chi connectivity index (χ1n) is 4.84. The van der Waals surface area contributed by atoms with E-state index in [0.717, 1.165) is 5.52 Å². The summed E-state index contributed by atoms with van der Waals surface area (Å²) in [4.78, 5) is 5.64. The Morgan fingerprint density at radius 1 is 1.07 bits per heavy atom. The van der Waals surface area contributed by atoms with Crippen molar-refractivity contribution in [3.05, 3.63) is 42.6 Å². The molecule has 0 bridgehead atoms. The van der Waals surface area contributed by atoms with Crippen LogP contribution in [0.2, 0.25) is 0 Å². The van der Waals surface area contributed by atoms with E-state index in [0.29, 0.717) is 0 Å². The summed E-state index contributed by atoms with van der Waals surface area (Å²) >= 11 is 0. The Morgan fingerprint density at radius 3 is 2.57 bits per heavy atom. The lowest BCUT2D eigenvalue weighted by Gasteiger charge is -2.02. The standard InChI is InChI=1S/C12H14NO/c1-10(2)14-13-9-5-7-11-6-3-4-8-12(11)13/h3-10H,1-2H3/q+1. The van der Waals surface area contributed by atoms with Crippen LogP contribution in [0.3, 0.4) is 0 Å². The highest BCUT2D eigenvalue weighted by molar-refractivity contribution is 5.74. The summed E-state index contributed by atoms with van der Waals surface area (Å²) in [6, 6.07) is 12.2. The number of fused-ring (bicyclic) bond motifs is 1. The third-order valence-electron chi connectivity index (χ3n) is 2.00. The van der Waals surface area contributed by atoms with Crippen molar-refractivity contribution in [2.45, 2.75) is 20.0 Å². The molecule has 0 radical (unpaired) electrons. The smallest absolute Gasteiger partial charge is 0.264 e. The van der Waals surface area contributed by atoms with Gasteiger partial charge in [-0.1, -0.05) is 12.1 Å². The average Bonchev–Trinajstić information content (AvgIpc) is 2.18. The maximum Gasteiger partial charge on any atom is 0.264 e. The van der Waals surface area contributed by atoms with Crippen LogP contribution in [0.25, 0.3) is 10.9 Å². The molecule has 2 nitrogen and oxygen atoms in total. The minimum absolute atomic E-state index is 0.186. The van der Waals surface area contributed by atoms with E-state index in [1.165, 1.54) is 5.39 Å². The van der Waals surface area contributed by atoms with E-state index in [2.05, 4.69) is 18.2 Å². The molecule has 0 saturated carbocycles. The molecule has 1 aromatic heterocycles. The van der Waals surface area contributed by atoms with Gasteiger partial charge in [-0.05, 0) is 26.0 Å². The van der Waals surface area contributed by atoms with Crippen molar-refractivity contribution in [2.75, 3.05) is 0 Å². The fourth-order valence-corrected chi connectivity index (χ4v) is 1.45. The van der Waals surface area contributed by atoms with E-state index in [-0.39, 0.29) is 6.10 Å². The minimum Gasteiger partial charge on any atom is -0.268 e. The molecular formula is C12H14NO+. The molecule has 2 aromatic rings. The van der Waals surface area contributed by atoms with E-state index in [1.807, 2.05) is 43.0 Å². The summed E-state index contributed by atoms with van der Waals surface area (Å²) in [6.45, 7) is 4.05. The lowest BCUT2D eigenvalue weighted by Crippen LogP contribution is -2.46. The molecule has 0 aliphatic carbocycles. The van der Waals surface area contributed by atoms with Gasteiger partial charge in [0.15, 0.2) is 6.10 Å². The molecule has 0 amide bonds. The third-order valence-corrected chi connectivity index (χ3v) is 2.00. The van der Waals surface area contributed by atoms with Gasteiger partial charge in [0.1, 0.15) is 0 Å². The monoisotopic (exact) mass is 188 g/mol. The van der Waals surface area contributed by atoms with E-state index in [4.69, 9.17) is 4.84 Å². The number of rotatable bonds is 2. The zero-order valence-electron chi connectivity index (χ0n) is 8.47. The van der Waals surface area contributed by atoms with Crippen molar-refractivity contribution in [3.63, 3.8) is 0 Å². The summed E-state index contributed by atoms with van der Waals surface area (Å²) in [5.41, 5.74) is 1.10. The van der Waals surface area contributed by atoms with Crippen molar-refractivity contribution in [2.24, 2.45) is 0 Å². The molecule has 72 valence electrons. The van der Waals surface area contributed by atoms with Crippen LogP contribution in [0.4, 0.5) is 0 Å². The topological polar surface area (TPSA) is 13.1 Å². The van der Waals surface area contributed by atoms with Crippen LogP contribution in [-0.2, 0) is 0 Å². The van der Waals surface area contributed by atoms with Crippen molar-refractivity contribution in [1.29, 1.82) is 0 Å². The summed E-state index contributed by atoms with van der Waals surface area (Å²) in [6.07, 6.45) is 2.12. The van der Waals surface area contributed by atoms with Crippen LogP contribution in [0.1, 0.15) is 13.8 Å². The Balaban J connectivity index is 2.53. The zero-order chi connectivity index (χ0) is 9.97. The van der Waals surface area contributed by atoms with E-state index >= 15 is 0 Å². The summed E-state index contributed by atoms with van der Waals surface area (Å²) in [5, 5.41) is 1.19. The molecule has 0 unspecified atom stereocenters. The van der Waals surface area contributed by atoms with Crippen LogP contribution in [0.15, 0.2) is 42.6 Å². The predicted molar refractivity (Wildman–Crippen MR) is 55.9 cm³/mol. The van der Waals surface area contributed by atoms with Crippen LogP contribution in [-0.4, -0.2) is 6.10 Å². The molecule has 0 saturated heterocycles. The third kappa shape index (κ3) is 1.69. The SMILES string of the molecule is CC(C)O[n+]1cccc2ccccc21. The number of para-hydroxylation sites is 1. The Hall–Kier alpha value is -1.57. The first-order valence-corrected chi connectivity index (χ1v) is 4.84. The predicted octanol–water partition coefficient (Wildman–Crippen LogP) is 1.96. The fourth-order valence-electron chi connectivity index (χ4n) is 1.45. The Kier molecular flexibility index (Phi) is 2.35. The summed E-state index contributed by atoms with van der Waals surface area (Å²) in [7, 11) is 0. The lowest BCUT2D eigenvalue weighted by atomic mass is 10.2. The zero-order valence-corrected chi connectivity index (χ0v) is 8.47. The highest BCUT2D eigenvalue weighted by atomic mass is 16.7. The molecule has 2 rings (SSSR count). The van der Waals surface area contributed by atoms with Gasteiger partial charge in [0.25, 0.3) is 5.52 Å². The maximum absolute atomic E-state index is 5.64. The molecule has 0 atom stereocenters. The van der Waals surface area contributed by atoms with Crippen molar-refractivity contribution in [1.82, 2.24) is 0 Å². The van der Waals surface area contributed by atoms with Gasteiger partial charge in [-0.15, -0.1) is 0 Å². The van der Waals surface area contributed by atoms with Crippen molar-refractivity contribution < 1.29 is 9.57 Å². The molecular weight excluding hydrogens is 174 g/mol. The fraction of sp³-hybridized carbons (Fsp3) is 0.250. The summed E-state index contributed by atoms with van der Waals surface area (Å²) in [5.74, 6) is 0. The maximum atomic E-state index is 5.64. The van der Waals surface area contributed by atoms with Gasteiger partial charge in [-0.2, -0.15) is 0 Å². The molecule has 0 N–H and O–H groups in total. The van der Waals surface area contributed by atoms with Crippen LogP contribution in [0.5, 0.6) is 0 Å². The first-order chi connectivity index (χ1) is 6.77. The Labute approximate surface area is 83.7 Å². The first kappa shape index (κ1) is 9.00. The van der Waals surface area contributed by atoms with Gasteiger partial charge in [-0.3, -0.25) is 4.84 Å². The van der Waals surface area contributed by atoms with Gasteiger partial charge in [-0.25, -0.2) is 0 Å². The highest BCUT2D eigenvalue weighted by Crippen LogP contribution is 2.07. The van der Waals surface area contributed by atoms with Gasteiger partial charge in [0, 0.05) is 16.9 Å². The summed E-state index contributed by atoms with van der Waals surface area (Å²) < 4.78 is 1.82. The van der Waals surface area contributed by atoms with E-state index in [1.54, 1.807) is 0 Å². The number of pyridine rings is 1. The number of nitrogens with zero attached hydrogens (tertiary/aromatic N) is 1. The quantitative estimate of drug-likeness (QED) is 0.657. The van der Waals surface area contributed by atoms with Crippen molar-refractivity contribution in [3.8, 4) is 0 Å².